The van der Waals surface area contributed by atoms with Gasteiger partial charge in [-0.25, -0.2) is 9.97 Å². The highest BCUT2D eigenvalue weighted by Crippen LogP contribution is 2.14. The Bertz CT molecular complexity index is 560. The Balaban J connectivity index is 1.93. The van der Waals surface area contributed by atoms with E-state index in [1.807, 2.05) is 0 Å². The van der Waals surface area contributed by atoms with Crippen molar-refractivity contribution in [2.24, 2.45) is 0 Å². The third kappa shape index (κ3) is 1.92. The molecule has 2 aromatic rings. The highest BCUT2D eigenvalue weighted by atomic mass is 16.1. The van der Waals surface area contributed by atoms with Gasteiger partial charge < -0.3 is 19.6 Å². The summed E-state index contributed by atoms with van der Waals surface area (Å²) in [7, 11) is 0. The van der Waals surface area contributed by atoms with Crippen LogP contribution in [-0.2, 0) is 11.3 Å². The molecule has 7 nitrogen and oxygen atoms in total. The Hall–Kier alpha value is -2.02. The molecule has 1 fully saturated rings. The highest BCUT2D eigenvalue weighted by molar-refractivity contribution is 5.72. The quantitative estimate of drug-likeness (QED) is 0.731. The number of fused-ring (bicyclic) bond motifs is 1. The Morgan fingerprint density at radius 3 is 2.94 bits per heavy atom. The van der Waals surface area contributed by atoms with E-state index in [1.54, 1.807) is 17.1 Å². The Kier molecular flexibility index (Phi) is 2.89. The van der Waals surface area contributed by atoms with Crippen LogP contribution in [0, 0.1) is 0 Å². The number of imidazole rings is 1. The molecule has 0 spiro atoms. The molecule has 0 amide bonds. The zero-order chi connectivity index (χ0) is 12.4. The molecule has 0 bridgehead atoms. The summed E-state index contributed by atoms with van der Waals surface area (Å²) in [5, 5.41) is 3.29. The van der Waals surface area contributed by atoms with Gasteiger partial charge in [0.05, 0.1) is 19.1 Å². The van der Waals surface area contributed by atoms with Crippen LogP contribution in [0.5, 0.6) is 0 Å². The number of carbonyl (C=O) groups is 1. The molecule has 2 aromatic heterocycles. The largest absolute Gasteiger partial charge is 0.338 e. The number of nitrogens with one attached hydrogen (secondary N) is 1. The first kappa shape index (κ1) is 11.1. The molecular formula is C11H14N6O. The number of anilines is 1. The van der Waals surface area contributed by atoms with Crippen molar-refractivity contribution in [3.63, 3.8) is 0 Å². The first-order valence-corrected chi connectivity index (χ1v) is 5.95. The number of nitrogens with zero attached hydrogens (tertiary/aromatic N) is 5. The average Bonchev–Trinajstić information content (AvgIpc) is 2.83. The minimum atomic E-state index is 0.285. The third-order valence-electron chi connectivity index (χ3n) is 3.04. The predicted molar refractivity (Wildman–Crippen MR) is 66.5 cm³/mol. The van der Waals surface area contributed by atoms with Crippen LogP contribution in [0.3, 0.4) is 0 Å². The van der Waals surface area contributed by atoms with Crippen molar-refractivity contribution < 1.29 is 4.79 Å². The van der Waals surface area contributed by atoms with Gasteiger partial charge in [0.2, 0.25) is 5.95 Å². The van der Waals surface area contributed by atoms with Crippen molar-refractivity contribution in [2.45, 2.75) is 6.54 Å². The van der Waals surface area contributed by atoms with Crippen LogP contribution < -0.4 is 10.2 Å². The van der Waals surface area contributed by atoms with Gasteiger partial charge in [-0.1, -0.05) is 0 Å². The summed E-state index contributed by atoms with van der Waals surface area (Å²) in [4.78, 5) is 25.7. The van der Waals surface area contributed by atoms with Gasteiger partial charge in [-0.05, 0) is 0 Å². The molecule has 1 aliphatic heterocycles. The molecule has 0 unspecified atom stereocenters. The number of piperazine rings is 1. The molecule has 0 aromatic carbocycles. The summed E-state index contributed by atoms with van der Waals surface area (Å²) in [6.45, 7) is 3.98. The Morgan fingerprint density at radius 2 is 2.17 bits per heavy atom. The molecule has 3 heterocycles. The number of carbonyl (C=O) groups excluding carboxylic acids is 1. The number of aromatic nitrogens is 4. The lowest BCUT2D eigenvalue weighted by atomic mass is 10.4. The van der Waals surface area contributed by atoms with Crippen molar-refractivity contribution >= 4 is 23.4 Å². The van der Waals surface area contributed by atoms with Crippen molar-refractivity contribution in [1.29, 1.82) is 0 Å². The molecule has 7 heteroatoms. The van der Waals surface area contributed by atoms with Crippen molar-refractivity contribution in [2.75, 3.05) is 31.1 Å². The number of rotatable bonds is 3. The van der Waals surface area contributed by atoms with Crippen LogP contribution in [0.1, 0.15) is 0 Å². The Morgan fingerprint density at radius 1 is 1.33 bits per heavy atom. The third-order valence-corrected chi connectivity index (χ3v) is 3.04. The lowest BCUT2D eigenvalue weighted by molar-refractivity contribution is -0.108. The van der Waals surface area contributed by atoms with E-state index in [1.165, 1.54) is 0 Å². The van der Waals surface area contributed by atoms with E-state index in [0.717, 1.165) is 38.0 Å². The van der Waals surface area contributed by atoms with Crippen molar-refractivity contribution in [1.82, 2.24) is 24.8 Å². The zero-order valence-electron chi connectivity index (χ0n) is 9.91. The summed E-state index contributed by atoms with van der Waals surface area (Å²) >= 11 is 0. The zero-order valence-corrected chi connectivity index (χ0v) is 9.91. The lowest BCUT2D eigenvalue weighted by Crippen LogP contribution is -2.44. The van der Waals surface area contributed by atoms with Gasteiger partial charge in [-0.2, -0.15) is 4.98 Å². The van der Waals surface area contributed by atoms with Crippen molar-refractivity contribution in [3.8, 4) is 0 Å². The Labute approximate surface area is 104 Å². The number of hydrogen-bond donors (Lipinski definition) is 1. The molecule has 94 valence electrons. The van der Waals surface area contributed by atoms with E-state index in [4.69, 9.17) is 0 Å². The van der Waals surface area contributed by atoms with Gasteiger partial charge in [0.1, 0.15) is 11.8 Å². The molecule has 18 heavy (non-hydrogen) atoms. The minimum absolute atomic E-state index is 0.285. The van der Waals surface area contributed by atoms with Gasteiger partial charge in [0.25, 0.3) is 0 Å². The first-order chi connectivity index (χ1) is 8.88. The fourth-order valence-electron chi connectivity index (χ4n) is 2.08. The van der Waals surface area contributed by atoms with E-state index >= 15 is 0 Å². The summed E-state index contributed by atoms with van der Waals surface area (Å²) in [5.41, 5.74) is 1.43. The van der Waals surface area contributed by atoms with Gasteiger partial charge in [-0.3, -0.25) is 0 Å². The van der Waals surface area contributed by atoms with Gasteiger partial charge in [0.15, 0.2) is 5.65 Å². The number of aldehydes is 1. The van der Waals surface area contributed by atoms with Crippen LogP contribution in [0.4, 0.5) is 5.95 Å². The molecule has 1 aliphatic rings. The first-order valence-electron chi connectivity index (χ1n) is 5.95. The van der Waals surface area contributed by atoms with Gasteiger partial charge in [-0.15, -0.1) is 0 Å². The molecule has 0 saturated carbocycles. The molecule has 0 aliphatic carbocycles. The van der Waals surface area contributed by atoms with E-state index in [0.29, 0.717) is 11.6 Å². The second-order valence-electron chi connectivity index (χ2n) is 4.18. The fourth-order valence-corrected chi connectivity index (χ4v) is 2.08. The minimum Gasteiger partial charge on any atom is -0.338 e. The maximum absolute atomic E-state index is 10.5. The highest BCUT2D eigenvalue weighted by Gasteiger charge is 2.14. The predicted octanol–water partition coefficient (Wildman–Crippen LogP) is -0.565. The summed E-state index contributed by atoms with van der Waals surface area (Å²) in [6, 6.07) is 0. The van der Waals surface area contributed by atoms with E-state index < -0.39 is 0 Å². The van der Waals surface area contributed by atoms with Crippen molar-refractivity contribution in [3.05, 3.63) is 12.5 Å². The van der Waals surface area contributed by atoms with Crippen LogP contribution >= 0.6 is 0 Å². The van der Waals surface area contributed by atoms with E-state index in [-0.39, 0.29) is 6.54 Å². The van der Waals surface area contributed by atoms with Gasteiger partial charge >= 0.3 is 0 Å². The smallest absolute Gasteiger partial charge is 0.227 e. The lowest BCUT2D eigenvalue weighted by Gasteiger charge is -2.27. The SMILES string of the molecule is O=CCn1cnc2nc(N3CCNCC3)ncc21. The van der Waals surface area contributed by atoms with Crippen LogP contribution in [-0.4, -0.2) is 52.0 Å². The summed E-state index contributed by atoms with van der Waals surface area (Å²) in [6.07, 6.45) is 4.19. The molecule has 1 saturated heterocycles. The molecular weight excluding hydrogens is 232 g/mol. The maximum atomic E-state index is 10.5. The normalized spacial score (nSPS) is 16.1. The number of hydrogen-bond acceptors (Lipinski definition) is 6. The monoisotopic (exact) mass is 246 g/mol. The summed E-state index contributed by atoms with van der Waals surface area (Å²) in [5.74, 6) is 0.709. The topological polar surface area (TPSA) is 75.9 Å². The molecule has 3 rings (SSSR count). The van der Waals surface area contributed by atoms with Crippen LogP contribution in [0.2, 0.25) is 0 Å². The van der Waals surface area contributed by atoms with Crippen LogP contribution in [0.25, 0.3) is 11.2 Å². The van der Waals surface area contributed by atoms with E-state index in [9.17, 15) is 4.79 Å². The van der Waals surface area contributed by atoms with Gasteiger partial charge in [0, 0.05) is 26.2 Å². The molecule has 0 atom stereocenters. The fraction of sp³-hybridized carbons (Fsp3) is 0.455. The average molecular weight is 246 g/mol. The molecule has 1 N–H and O–H groups in total. The van der Waals surface area contributed by atoms with E-state index in [2.05, 4.69) is 25.2 Å². The summed E-state index contributed by atoms with van der Waals surface area (Å²) < 4.78 is 1.74. The second kappa shape index (κ2) is 4.69. The second-order valence-corrected chi connectivity index (χ2v) is 4.18. The van der Waals surface area contributed by atoms with Crippen LogP contribution in [0.15, 0.2) is 12.5 Å². The molecule has 0 radical (unpaired) electrons. The maximum Gasteiger partial charge on any atom is 0.227 e. The standard InChI is InChI=1S/C11H14N6O/c18-6-5-17-8-14-10-9(17)7-13-11(15-10)16-3-1-12-2-4-16/h6-8,12H,1-5H2.